The lowest BCUT2D eigenvalue weighted by Crippen LogP contribution is -2.59. The van der Waals surface area contributed by atoms with Gasteiger partial charge in [-0.25, -0.2) is 18.0 Å². The monoisotopic (exact) mass is 754 g/mol. The van der Waals surface area contributed by atoms with Crippen LogP contribution in [0.25, 0.3) is 0 Å². The van der Waals surface area contributed by atoms with Crippen molar-refractivity contribution < 1.29 is 37.1 Å². The van der Waals surface area contributed by atoms with Gasteiger partial charge in [-0.2, -0.15) is 0 Å². The maximum atomic E-state index is 14.4. The minimum absolute atomic E-state index is 0.0450. The number of sulfonamides is 1. The Morgan fingerprint density at radius 2 is 1.75 bits per heavy atom. The number of benzene rings is 1. The molecule has 290 valence electrons. The first-order chi connectivity index (χ1) is 24.9. The highest BCUT2D eigenvalue weighted by Crippen LogP contribution is 2.46. The Bertz CT molecular complexity index is 1770. The zero-order chi connectivity index (χ0) is 38.3. The van der Waals surface area contributed by atoms with Gasteiger partial charge in [-0.3, -0.25) is 19.1 Å². The van der Waals surface area contributed by atoms with Gasteiger partial charge in [0.2, 0.25) is 21.8 Å². The second-order valence-corrected chi connectivity index (χ2v) is 19.0. The molecule has 0 aromatic heterocycles. The number of carbonyl (C=O) groups excluding carboxylic acids is 5. The number of urea groups is 1. The average Bonchev–Trinajstić information content (AvgIpc) is 3.99. The fourth-order valence-corrected chi connectivity index (χ4v) is 9.23. The predicted molar refractivity (Wildman–Crippen MR) is 197 cm³/mol. The van der Waals surface area contributed by atoms with Crippen LogP contribution in [0.15, 0.2) is 36.4 Å². The van der Waals surface area contributed by atoms with E-state index in [4.69, 9.17) is 4.74 Å². The highest BCUT2D eigenvalue weighted by Gasteiger charge is 2.62. The topological polar surface area (TPSA) is 183 Å². The summed E-state index contributed by atoms with van der Waals surface area (Å²) in [4.78, 5) is 72.1. The Labute approximate surface area is 312 Å². The standard InChI is InChI=1S/C38H54N6O8S/c1-36(2,3)41-34(48)39-29-16-10-8-6-7-9-14-25-20-38(25,33(47)42-53(50,51)27-17-18-27)40-31(45)30-19-26(22-44(30)32(29)46)52-35(49)43-21-24-13-11-12-15-28(24)37(4,5)23-43/h9,11-15,25-27,29-30H,6-8,10,16-23H2,1-5H3,(H,40,45)(H,42,47)(H2,39,41,48)/b14-9-/t25-,26-,29+,30+,38-/m1/s1. The van der Waals surface area contributed by atoms with Crippen molar-refractivity contribution >= 4 is 39.9 Å². The summed E-state index contributed by atoms with van der Waals surface area (Å²) < 4.78 is 33.8. The molecule has 0 spiro atoms. The van der Waals surface area contributed by atoms with Crippen molar-refractivity contribution in [2.45, 2.75) is 139 Å². The van der Waals surface area contributed by atoms with Crippen LogP contribution < -0.4 is 20.7 Å². The van der Waals surface area contributed by atoms with Gasteiger partial charge in [0.05, 0.1) is 11.8 Å². The maximum Gasteiger partial charge on any atom is 0.410 e. The Morgan fingerprint density at radius 3 is 2.47 bits per heavy atom. The van der Waals surface area contributed by atoms with Gasteiger partial charge in [-0.15, -0.1) is 0 Å². The molecule has 1 aromatic carbocycles. The van der Waals surface area contributed by atoms with Gasteiger partial charge in [-0.1, -0.05) is 63.1 Å². The quantitative estimate of drug-likeness (QED) is 0.330. The maximum absolute atomic E-state index is 14.4. The van der Waals surface area contributed by atoms with Crippen LogP contribution in [0.1, 0.15) is 104 Å². The minimum atomic E-state index is -3.90. The lowest BCUT2D eigenvalue weighted by Gasteiger charge is -2.39. The van der Waals surface area contributed by atoms with Gasteiger partial charge in [0.15, 0.2) is 0 Å². The molecule has 1 saturated heterocycles. The van der Waals surface area contributed by atoms with E-state index in [2.05, 4.69) is 40.6 Å². The normalized spacial score (nSPS) is 29.5. The highest BCUT2D eigenvalue weighted by molar-refractivity contribution is 7.91. The Balaban J connectivity index is 1.26. The molecule has 53 heavy (non-hydrogen) atoms. The minimum Gasteiger partial charge on any atom is -0.444 e. The summed E-state index contributed by atoms with van der Waals surface area (Å²) in [6.45, 7) is 10.3. The summed E-state index contributed by atoms with van der Waals surface area (Å²) in [6, 6.07) is 5.29. The number of rotatable bonds is 5. The molecule has 5 aliphatic rings. The predicted octanol–water partition coefficient (Wildman–Crippen LogP) is 3.36. The van der Waals surface area contributed by atoms with E-state index < -0.39 is 80.3 Å². The molecule has 4 N–H and O–H groups in total. The van der Waals surface area contributed by atoms with Gasteiger partial charge in [0.1, 0.15) is 23.7 Å². The van der Waals surface area contributed by atoms with Crippen LogP contribution >= 0.6 is 0 Å². The molecule has 0 radical (unpaired) electrons. The van der Waals surface area contributed by atoms with Crippen molar-refractivity contribution in [1.82, 2.24) is 30.5 Å². The van der Waals surface area contributed by atoms with Crippen LogP contribution in [-0.2, 0) is 41.1 Å². The number of carbonyl (C=O) groups is 5. The number of nitrogens with one attached hydrogen (secondary N) is 4. The van der Waals surface area contributed by atoms with Gasteiger partial charge >= 0.3 is 12.1 Å². The molecule has 1 aromatic rings. The Hall–Kier alpha value is -4.14. The van der Waals surface area contributed by atoms with E-state index in [1.165, 1.54) is 4.90 Å². The fraction of sp³-hybridized carbons (Fsp3) is 0.658. The first kappa shape index (κ1) is 38.6. The van der Waals surface area contributed by atoms with E-state index in [1.54, 1.807) is 4.90 Å². The highest BCUT2D eigenvalue weighted by atomic mass is 32.2. The van der Waals surface area contributed by atoms with Gasteiger partial charge in [0.25, 0.3) is 5.91 Å². The van der Waals surface area contributed by atoms with Crippen LogP contribution in [-0.4, -0.2) is 95.7 Å². The second kappa shape index (κ2) is 14.6. The molecule has 0 unspecified atom stereocenters. The third-order valence-corrected chi connectivity index (χ3v) is 12.7. The lowest BCUT2D eigenvalue weighted by molar-refractivity contribution is -0.141. The summed E-state index contributed by atoms with van der Waals surface area (Å²) in [5.74, 6) is -2.41. The van der Waals surface area contributed by atoms with Crippen molar-refractivity contribution in [3.05, 3.63) is 47.5 Å². The van der Waals surface area contributed by atoms with E-state index in [0.29, 0.717) is 45.2 Å². The molecule has 3 fully saturated rings. The summed E-state index contributed by atoms with van der Waals surface area (Å²) >= 11 is 0. The summed E-state index contributed by atoms with van der Waals surface area (Å²) in [7, 11) is -3.90. The molecule has 5 atom stereocenters. The molecule has 2 saturated carbocycles. The number of hydrogen-bond acceptors (Lipinski definition) is 8. The third kappa shape index (κ3) is 8.81. The summed E-state index contributed by atoms with van der Waals surface area (Å²) in [5.41, 5.74) is -0.252. The number of nitrogens with zero attached hydrogens (tertiary/aromatic N) is 2. The van der Waals surface area contributed by atoms with E-state index in [9.17, 15) is 32.4 Å². The smallest absolute Gasteiger partial charge is 0.410 e. The summed E-state index contributed by atoms with van der Waals surface area (Å²) in [6.07, 6.45) is 6.66. The first-order valence-corrected chi connectivity index (χ1v) is 20.4. The molecular formula is C38H54N6O8S. The second-order valence-electron chi connectivity index (χ2n) is 17.1. The molecule has 0 bridgehead atoms. The van der Waals surface area contributed by atoms with Crippen LogP contribution in [0, 0.1) is 5.92 Å². The van der Waals surface area contributed by atoms with Gasteiger partial charge in [0, 0.05) is 36.4 Å². The number of amides is 6. The van der Waals surface area contributed by atoms with E-state index in [-0.39, 0.29) is 24.8 Å². The van der Waals surface area contributed by atoms with E-state index in [0.717, 1.165) is 24.0 Å². The third-order valence-electron chi connectivity index (χ3n) is 10.9. The number of hydrogen-bond donors (Lipinski definition) is 4. The van der Waals surface area contributed by atoms with Gasteiger partial charge < -0.3 is 30.5 Å². The molecule has 15 heteroatoms. The van der Waals surface area contributed by atoms with Crippen LogP contribution in [0.5, 0.6) is 0 Å². The Morgan fingerprint density at radius 1 is 1.02 bits per heavy atom. The number of fused-ring (bicyclic) bond motifs is 3. The number of ether oxygens (including phenoxy) is 1. The summed E-state index contributed by atoms with van der Waals surface area (Å²) in [5, 5.41) is 7.87. The zero-order valence-corrected chi connectivity index (χ0v) is 32.2. The van der Waals surface area contributed by atoms with Crippen molar-refractivity contribution in [2.24, 2.45) is 5.92 Å². The molecule has 3 heterocycles. The number of allylic oxidation sites excluding steroid dienone is 1. The van der Waals surface area contributed by atoms with Crippen molar-refractivity contribution in [3.8, 4) is 0 Å². The van der Waals surface area contributed by atoms with Crippen LogP contribution in [0.3, 0.4) is 0 Å². The molecule has 14 nitrogen and oxygen atoms in total. The van der Waals surface area contributed by atoms with Crippen LogP contribution in [0.2, 0.25) is 0 Å². The Kier molecular flexibility index (Phi) is 10.6. The zero-order valence-electron chi connectivity index (χ0n) is 31.4. The van der Waals surface area contributed by atoms with Crippen molar-refractivity contribution in [2.75, 3.05) is 13.1 Å². The molecule has 2 aliphatic carbocycles. The lowest BCUT2D eigenvalue weighted by atomic mass is 9.78. The molecule has 6 amide bonds. The fourth-order valence-electron chi connectivity index (χ4n) is 7.87. The largest absolute Gasteiger partial charge is 0.444 e. The van der Waals surface area contributed by atoms with Crippen LogP contribution in [0.4, 0.5) is 9.59 Å². The molecular weight excluding hydrogens is 701 g/mol. The van der Waals surface area contributed by atoms with E-state index >= 15 is 0 Å². The SMILES string of the molecule is CC(C)(C)NC(=O)N[C@H]1CCCCC/C=C\[C@@H]2C[C@@]2(C(=O)NS(=O)(=O)C2CC2)NC(=O)[C@@H]2C[C@@H](OC(=O)N3Cc4ccccc4C(C)(C)C3)CN2C1=O. The average molecular weight is 755 g/mol. The molecule has 6 rings (SSSR count). The first-order valence-electron chi connectivity index (χ1n) is 18.9. The van der Waals surface area contributed by atoms with Crippen molar-refractivity contribution in [3.63, 3.8) is 0 Å². The van der Waals surface area contributed by atoms with E-state index in [1.807, 2.05) is 51.1 Å². The van der Waals surface area contributed by atoms with Crippen molar-refractivity contribution in [1.29, 1.82) is 0 Å². The molecule has 3 aliphatic heterocycles. The van der Waals surface area contributed by atoms with Gasteiger partial charge in [-0.05, 0) is 70.4 Å².